The fourth-order valence-electron chi connectivity index (χ4n) is 3.75. The number of ether oxygens (including phenoxy) is 4. The van der Waals surface area contributed by atoms with Gasteiger partial charge in [0.05, 0.1) is 18.5 Å². The molecule has 0 radical (unpaired) electrons. The molecule has 1 saturated heterocycles. The molecule has 3 aromatic rings. The van der Waals surface area contributed by atoms with Gasteiger partial charge in [0.15, 0.2) is 29.2 Å². The zero-order valence-electron chi connectivity index (χ0n) is 18.3. The second kappa shape index (κ2) is 10.1. The first-order chi connectivity index (χ1) is 16.3. The third kappa shape index (κ3) is 5.00. The summed E-state index contributed by atoms with van der Waals surface area (Å²) < 4.78 is 24.0. The highest BCUT2D eigenvalue weighted by Crippen LogP contribution is 2.37. The molecule has 1 aliphatic rings. The molecule has 178 valence electrons. The Kier molecular flexibility index (Phi) is 7.03. The fraction of sp³-hybridized carbons (Fsp3) is 0.364. The number of imidazole rings is 1. The van der Waals surface area contributed by atoms with E-state index in [1.807, 2.05) is 0 Å². The number of rotatable bonds is 7. The molecule has 0 aliphatic carbocycles. The number of esters is 3. The van der Waals surface area contributed by atoms with E-state index in [-0.39, 0.29) is 18.2 Å². The summed E-state index contributed by atoms with van der Waals surface area (Å²) in [6, 6.07) is 8.53. The van der Waals surface area contributed by atoms with Crippen molar-refractivity contribution >= 4 is 40.7 Å². The third-order valence-electron chi connectivity index (χ3n) is 5.12. The molecule has 3 heterocycles. The van der Waals surface area contributed by atoms with Crippen LogP contribution in [0, 0.1) is 0 Å². The lowest BCUT2D eigenvalue weighted by molar-refractivity contribution is -0.165. The first kappa shape index (κ1) is 23.6. The highest BCUT2D eigenvalue weighted by Gasteiger charge is 2.50. The van der Waals surface area contributed by atoms with Crippen molar-refractivity contribution in [1.29, 1.82) is 0 Å². The molecule has 0 bridgehead atoms. The van der Waals surface area contributed by atoms with Gasteiger partial charge in [-0.3, -0.25) is 14.2 Å². The van der Waals surface area contributed by atoms with E-state index in [1.54, 1.807) is 30.3 Å². The minimum atomic E-state index is -1.01. The highest BCUT2D eigenvalue weighted by atomic mass is 35.5. The van der Waals surface area contributed by atoms with Crippen molar-refractivity contribution in [3.05, 3.63) is 53.7 Å². The maximum atomic E-state index is 12.3. The van der Waals surface area contributed by atoms with Crippen LogP contribution in [0.2, 0.25) is 5.15 Å². The zero-order valence-corrected chi connectivity index (χ0v) is 19.0. The van der Waals surface area contributed by atoms with Crippen molar-refractivity contribution in [3.63, 3.8) is 0 Å². The number of nitrogens with zero attached hydrogens (tertiary/aromatic N) is 4. The van der Waals surface area contributed by atoms with Gasteiger partial charge in [0.1, 0.15) is 17.9 Å². The quantitative estimate of drug-likeness (QED) is 0.277. The summed E-state index contributed by atoms with van der Waals surface area (Å²) in [5, 5.41) is 0.145. The molecule has 12 heteroatoms. The number of carbonyl (C=O) groups excluding carboxylic acids is 3. The molecule has 11 nitrogen and oxygen atoms in total. The second-order valence-corrected chi connectivity index (χ2v) is 7.85. The summed E-state index contributed by atoms with van der Waals surface area (Å²) in [5.41, 5.74) is 1.09. The van der Waals surface area contributed by atoms with Gasteiger partial charge >= 0.3 is 17.9 Å². The van der Waals surface area contributed by atoms with Crippen molar-refractivity contribution in [2.45, 2.75) is 44.8 Å². The Morgan fingerprint density at radius 3 is 2.44 bits per heavy atom. The van der Waals surface area contributed by atoms with Crippen LogP contribution in [0.4, 0.5) is 0 Å². The van der Waals surface area contributed by atoms with Gasteiger partial charge in [0, 0.05) is 20.3 Å². The maximum absolute atomic E-state index is 12.3. The fourth-order valence-corrected chi connectivity index (χ4v) is 3.93. The summed E-state index contributed by atoms with van der Waals surface area (Å²) in [7, 11) is 0. The number of aromatic nitrogens is 4. The topological polar surface area (TPSA) is 132 Å². The van der Waals surface area contributed by atoms with Crippen LogP contribution in [0.25, 0.3) is 11.2 Å². The molecular formula is C22H21ClN4O7. The molecule has 0 N–H and O–H groups in total. The van der Waals surface area contributed by atoms with Gasteiger partial charge in [-0.15, -0.1) is 0 Å². The number of carbonyl (C=O) groups is 3. The number of benzene rings is 1. The molecule has 4 atom stereocenters. The lowest BCUT2D eigenvalue weighted by Gasteiger charge is -2.23. The van der Waals surface area contributed by atoms with Crippen molar-refractivity contribution in [2.75, 3.05) is 6.61 Å². The van der Waals surface area contributed by atoms with Crippen molar-refractivity contribution in [3.8, 4) is 0 Å². The van der Waals surface area contributed by atoms with Gasteiger partial charge in [-0.25, -0.2) is 19.7 Å². The lowest BCUT2D eigenvalue weighted by atomic mass is 10.1. The first-order valence-corrected chi connectivity index (χ1v) is 10.8. The van der Waals surface area contributed by atoms with Crippen molar-refractivity contribution < 1.29 is 33.3 Å². The first-order valence-electron chi connectivity index (χ1n) is 10.4. The van der Waals surface area contributed by atoms with Gasteiger partial charge < -0.3 is 18.9 Å². The average molecular weight is 489 g/mol. The molecular weight excluding hydrogens is 468 g/mol. The van der Waals surface area contributed by atoms with Crippen LogP contribution in [0.5, 0.6) is 0 Å². The molecule has 0 saturated carbocycles. The van der Waals surface area contributed by atoms with Crippen LogP contribution < -0.4 is 0 Å². The van der Waals surface area contributed by atoms with Crippen LogP contribution in [-0.4, -0.2) is 62.3 Å². The summed E-state index contributed by atoms with van der Waals surface area (Å²) in [5.74, 6) is -1.68. The highest BCUT2D eigenvalue weighted by molar-refractivity contribution is 6.33. The molecule has 0 unspecified atom stereocenters. The molecule has 0 spiro atoms. The van der Waals surface area contributed by atoms with Crippen molar-refractivity contribution in [2.24, 2.45) is 0 Å². The van der Waals surface area contributed by atoms with E-state index in [4.69, 9.17) is 30.5 Å². The summed E-state index contributed by atoms with van der Waals surface area (Å²) in [6.45, 7) is 2.46. The Labute approximate surface area is 198 Å². The molecule has 0 amide bonds. The maximum Gasteiger partial charge on any atom is 0.338 e. The van der Waals surface area contributed by atoms with E-state index in [0.717, 1.165) is 0 Å². The Hall–Kier alpha value is -3.57. The zero-order chi connectivity index (χ0) is 24.2. The molecule has 2 aromatic heterocycles. The second-order valence-electron chi connectivity index (χ2n) is 7.49. The average Bonchev–Trinajstić information content (AvgIpc) is 3.37. The Bertz CT molecular complexity index is 1200. The number of hydrogen-bond acceptors (Lipinski definition) is 10. The Balaban J connectivity index is 1.57. The minimum Gasteiger partial charge on any atom is -0.462 e. The van der Waals surface area contributed by atoms with E-state index >= 15 is 0 Å². The predicted molar refractivity (Wildman–Crippen MR) is 117 cm³/mol. The molecule has 34 heavy (non-hydrogen) atoms. The van der Waals surface area contributed by atoms with Gasteiger partial charge in [-0.05, 0) is 12.1 Å². The van der Waals surface area contributed by atoms with Gasteiger partial charge in [-0.2, -0.15) is 0 Å². The molecule has 1 aromatic carbocycles. The number of fused-ring (bicyclic) bond motifs is 1. The van der Waals surface area contributed by atoms with E-state index < -0.39 is 42.4 Å². The summed E-state index contributed by atoms with van der Waals surface area (Å²) in [6.07, 6.45) is -0.792. The van der Waals surface area contributed by atoms with Crippen LogP contribution in [0.3, 0.4) is 0 Å². The number of halogens is 1. The smallest absolute Gasteiger partial charge is 0.338 e. The third-order valence-corrected chi connectivity index (χ3v) is 5.40. The SMILES string of the molecule is CC(=O)O[C@@H]1[C@H](OC(C)=O)[C@@H](CCOC(=O)c2ccccc2)O[C@H]1n1cnc2c(Cl)ncnc21. The predicted octanol–water partition coefficient (Wildman–Crippen LogP) is 2.49. The van der Waals surface area contributed by atoms with Crippen LogP contribution in [0.1, 0.15) is 36.9 Å². The summed E-state index contributed by atoms with van der Waals surface area (Å²) in [4.78, 5) is 48.3. The van der Waals surface area contributed by atoms with Crippen LogP contribution in [-0.2, 0) is 28.5 Å². The summed E-state index contributed by atoms with van der Waals surface area (Å²) >= 11 is 6.10. The Morgan fingerprint density at radius 1 is 1.03 bits per heavy atom. The molecule has 4 rings (SSSR count). The van der Waals surface area contributed by atoms with Crippen LogP contribution >= 0.6 is 11.6 Å². The normalized spacial score (nSPS) is 21.9. The van der Waals surface area contributed by atoms with Gasteiger partial charge in [0.25, 0.3) is 0 Å². The lowest BCUT2D eigenvalue weighted by Crippen LogP contribution is -2.39. The van der Waals surface area contributed by atoms with E-state index in [2.05, 4.69) is 15.0 Å². The standard InChI is InChI=1S/C22H21ClN4O7/c1-12(28)32-17-15(8-9-31-22(30)14-6-4-3-5-7-14)34-21(18(17)33-13(2)29)27-11-26-16-19(23)24-10-25-20(16)27/h3-7,10-11,15,17-18,21H,8-9H2,1-2H3/t15-,17-,18-,21-/m1/s1. The Morgan fingerprint density at radius 2 is 1.74 bits per heavy atom. The van der Waals surface area contributed by atoms with E-state index in [0.29, 0.717) is 16.7 Å². The van der Waals surface area contributed by atoms with Crippen LogP contribution in [0.15, 0.2) is 43.0 Å². The largest absolute Gasteiger partial charge is 0.462 e. The molecule has 1 fully saturated rings. The van der Waals surface area contributed by atoms with Gasteiger partial charge in [-0.1, -0.05) is 29.8 Å². The van der Waals surface area contributed by atoms with E-state index in [9.17, 15) is 14.4 Å². The molecule has 1 aliphatic heterocycles. The van der Waals surface area contributed by atoms with E-state index in [1.165, 1.54) is 31.1 Å². The van der Waals surface area contributed by atoms with Crippen molar-refractivity contribution in [1.82, 2.24) is 19.5 Å². The number of hydrogen-bond donors (Lipinski definition) is 0. The monoisotopic (exact) mass is 488 g/mol. The minimum absolute atomic E-state index is 0.0195. The van der Waals surface area contributed by atoms with Gasteiger partial charge in [0.2, 0.25) is 0 Å².